The minimum atomic E-state index is -0.191. The maximum absolute atomic E-state index is 12.9. The molecule has 0 saturated carbocycles. The molecular weight excluding hydrogens is 396 g/mol. The van der Waals surface area contributed by atoms with E-state index in [2.05, 4.69) is 57.4 Å². The number of hydrogen-bond donors (Lipinski definition) is 1. The highest BCUT2D eigenvalue weighted by atomic mass is 32.2. The van der Waals surface area contributed by atoms with E-state index in [0.29, 0.717) is 23.0 Å². The Hall–Kier alpha value is -3.52. The van der Waals surface area contributed by atoms with Gasteiger partial charge in [0.05, 0.1) is 5.56 Å². The minimum absolute atomic E-state index is 0.191. The zero-order chi connectivity index (χ0) is 20.9. The smallest absolute Gasteiger partial charge is 0.254 e. The SMILES string of the molecule is Cc1ccc(Sc2ncccc2C(=O)NCc2cccnc2-n2cncn2)c(C)c1. The van der Waals surface area contributed by atoms with Crippen molar-refractivity contribution < 1.29 is 4.79 Å². The van der Waals surface area contributed by atoms with Gasteiger partial charge in [-0.2, -0.15) is 5.10 Å². The van der Waals surface area contributed by atoms with Crippen LogP contribution in [0.15, 0.2) is 77.4 Å². The van der Waals surface area contributed by atoms with Crippen LogP contribution >= 0.6 is 11.8 Å². The highest BCUT2D eigenvalue weighted by Gasteiger charge is 2.15. The Bertz CT molecular complexity index is 1180. The second-order valence-corrected chi connectivity index (χ2v) is 7.77. The van der Waals surface area contributed by atoms with Crippen LogP contribution in [0.25, 0.3) is 5.82 Å². The van der Waals surface area contributed by atoms with Gasteiger partial charge in [-0.1, -0.05) is 35.5 Å². The topological polar surface area (TPSA) is 85.6 Å². The lowest BCUT2D eigenvalue weighted by molar-refractivity contribution is 0.0947. The fraction of sp³-hybridized carbons (Fsp3) is 0.136. The van der Waals surface area contributed by atoms with E-state index in [0.717, 1.165) is 16.0 Å². The predicted molar refractivity (Wildman–Crippen MR) is 115 cm³/mol. The molecule has 0 fully saturated rings. The number of rotatable bonds is 6. The zero-order valence-electron chi connectivity index (χ0n) is 16.6. The Morgan fingerprint density at radius 3 is 2.73 bits per heavy atom. The summed E-state index contributed by atoms with van der Waals surface area (Å²) in [6.45, 7) is 4.43. The zero-order valence-corrected chi connectivity index (χ0v) is 17.4. The lowest BCUT2D eigenvalue weighted by Crippen LogP contribution is -2.24. The standard InChI is InChI=1S/C22H20N6OS/c1-15-7-8-19(16(2)11-15)30-22-18(6-4-10-25-22)21(29)26-12-17-5-3-9-24-20(17)28-14-23-13-27-28/h3-11,13-14H,12H2,1-2H3,(H,26,29). The van der Waals surface area contributed by atoms with Crippen molar-refractivity contribution in [3.8, 4) is 5.82 Å². The summed E-state index contributed by atoms with van der Waals surface area (Å²) in [7, 11) is 0. The number of amides is 1. The van der Waals surface area contributed by atoms with Crippen molar-refractivity contribution in [3.63, 3.8) is 0 Å². The third-order valence-electron chi connectivity index (χ3n) is 4.50. The maximum Gasteiger partial charge on any atom is 0.254 e. The van der Waals surface area contributed by atoms with E-state index in [-0.39, 0.29) is 5.91 Å². The largest absolute Gasteiger partial charge is 0.348 e. The molecule has 1 N–H and O–H groups in total. The Labute approximate surface area is 178 Å². The fourth-order valence-electron chi connectivity index (χ4n) is 3.03. The molecule has 4 aromatic rings. The molecule has 3 aromatic heterocycles. The average Bonchev–Trinajstić information content (AvgIpc) is 3.29. The van der Waals surface area contributed by atoms with Crippen molar-refractivity contribution >= 4 is 17.7 Å². The molecule has 0 atom stereocenters. The maximum atomic E-state index is 12.9. The van der Waals surface area contributed by atoms with Gasteiger partial charge >= 0.3 is 0 Å². The van der Waals surface area contributed by atoms with Gasteiger partial charge in [-0.05, 0) is 43.7 Å². The average molecular weight is 417 g/mol. The van der Waals surface area contributed by atoms with Gasteiger partial charge in [-0.3, -0.25) is 4.79 Å². The summed E-state index contributed by atoms with van der Waals surface area (Å²) in [5.41, 5.74) is 3.73. The number of hydrogen-bond acceptors (Lipinski definition) is 6. The molecule has 8 heteroatoms. The fourth-order valence-corrected chi connectivity index (χ4v) is 3.97. The van der Waals surface area contributed by atoms with Gasteiger partial charge in [-0.25, -0.2) is 19.6 Å². The van der Waals surface area contributed by atoms with Crippen molar-refractivity contribution in [1.29, 1.82) is 0 Å². The van der Waals surface area contributed by atoms with Gasteiger partial charge in [0.1, 0.15) is 17.7 Å². The number of carbonyl (C=O) groups is 1. The Morgan fingerprint density at radius 1 is 1.10 bits per heavy atom. The van der Waals surface area contributed by atoms with Crippen molar-refractivity contribution in [2.75, 3.05) is 0 Å². The van der Waals surface area contributed by atoms with Crippen LogP contribution < -0.4 is 5.32 Å². The molecule has 30 heavy (non-hydrogen) atoms. The third-order valence-corrected chi connectivity index (χ3v) is 5.69. The molecule has 1 aromatic carbocycles. The molecule has 0 saturated heterocycles. The van der Waals surface area contributed by atoms with Crippen molar-refractivity contribution in [3.05, 3.63) is 89.8 Å². The van der Waals surface area contributed by atoms with E-state index in [4.69, 9.17) is 0 Å². The van der Waals surface area contributed by atoms with Crippen LogP contribution in [0.2, 0.25) is 0 Å². The molecule has 4 rings (SSSR count). The summed E-state index contributed by atoms with van der Waals surface area (Å²) in [6, 6.07) is 13.5. The summed E-state index contributed by atoms with van der Waals surface area (Å²) in [4.78, 5) is 26.8. The predicted octanol–water partition coefficient (Wildman–Crippen LogP) is 3.76. The molecule has 0 aliphatic carbocycles. The number of aromatic nitrogens is 5. The molecular formula is C22H20N6OS. The molecule has 150 valence electrons. The first-order valence-corrected chi connectivity index (χ1v) is 10.2. The van der Waals surface area contributed by atoms with Gasteiger partial charge in [0.15, 0.2) is 5.82 Å². The second kappa shape index (κ2) is 8.87. The molecule has 0 aliphatic heterocycles. The van der Waals surface area contributed by atoms with Crippen LogP contribution in [-0.4, -0.2) is 30.6 Å². The number of nitrogens with one attached hydrogen (secondary N) is 1. The minimum Gasteiger partial charge on any atom is -0.348 e. The van der Waals surface area contributed by atoms with Gasteiger partial charge < -0.3 is 5.32 Å². The molecule has 0 unspecified atom stereocenters. The van der Waals surface area contributed by atoms with Crippen molar-refractivity contribution in [2.24, 2.45) is 0 Å². The van der Waals surface area contributed by atoms with E-state index in [1.54, 1.807) is 35.5 Å². The van der Waals surface area contributed by atoms with Crippen molar-refractivity contribution in [2.45, 2.75) is 30.3 Å². The summed E-state index contributed by atoms with van der Waals surface area (Å²) < 4.78 is 1.58. The van der Waals surface area contributed by atoms with Gasteiger partial charge in [-0.15, -0.1) is 0 Å². The van der Waals surface area contributed by atoms with Crippen LogP contribution in [0.4, 0.5) is 0 Å². The van der Waals surface area contributed by atoms with E-state index >= 15 is 0 Å². The molecule has 0 aliphatic rings. The van der Waals surface area contributed by atoms with E-state index in [1.807, 2.05) is 12.1 Å². The number of nitrogens with zero attached hydrogens (tertiary/aromatic N) is 5. The summed E-state index contributed by atoms with van der Waals surface area (Å²) in [6.07, 6.45) is 6.41. The Balaban J connectivity index is 1.53. The molecule has 0 radical (unpaired) electrons. The first-order valence-electron chi connectivity index (χ1n) is 9.39. The summed E-state index contributed by atoms with van der Waals surface area (Å²) in [5.74, 6) is 0.440. The molecule has 3 heterocycles. The first kappa shape index (κ1) is 19.8. The highest BCUT2D eigenvalue weighted by Crippen LogP contribution is 2.31. The van der Waals surface area contributed by atoms with Crippen LogP contribution in [-0.2, 0) is 6.54 Å². The van der Waals surface area contributed by atoms with Gasteiger partial charge in [0, 0.05) is 29.4 Å². The summed E-state index contributed by atoms with van der Waals surface area (Å²) >= 11 is 1.49. The van der Waals surface area contributed by atoms with Crippen LogP contribution in [0, 0.1) is 13.8 Å². The van der Waals surface area contributed by atoms with Gasteiger partial charge in [0.2, 0.25) is 0 Å². The molecule has 0 spiro atoms. The molecule has 0 bridgehead atoms. The number of carbonyl (C=O) groups excluding carboxylic acids is 1. The lowest BCUT2D eigenvalue weighted by Gasteiger charge is -2.12. The van der Waals surface area contributed by atoms with E-state index < -0.39 is 0 Å². The summed E-state index contributed by atoms with van der Waals surface area (Å²) in [5, 5.41) is 7.77. The van der Waals surface area contributed by atoms with Gasteiger partial charge in [0.25, 0.3) is 5.91 Å². The quantitative estimate of drug-likeness (QED) is 0.515. The van der Waals surface area contributed by atoms with Crippen molar-refractivity contribution in [1.82, 2.24) is 30.0 Å². The third kappa shape index (κ3) is 4.38. The number of benzene rings is 1. The van der Waals surface area contributed by atoms with Crippen LogP contribution in [0.1, 0.15) is 27.0 Å². The lowest BCUT2D eigenvalue weighted by atomic mass is 10.2. The first-order chi connectivity index (χ1) is 14.6. The second-order valence-electron chi connectivity index (χ2n) is 6.74. The van der Waals surface area contributed by atoms with Crippen LogP contribution in [0.5, 0.6) is 0 Å². The van der Waals surface area contributed by atoms with E-state index in [1.165, 1.54) is 23.7 Å². The Morgan fingerprint density at radius 2 is 1.93 bits per heavy atom. The Kier molecular flexibility index (Phi) is 5.85. The number of pyridine rings is 2. The molecule has 1 amide bonds. The highest BCUT2D eigenvalue weighted by molar-refractivity contribution is 7.99. The van der Waals surface area contributed by atoms with E-state index in [9.17, 15) is 4.79 Å². The normalized spacial score (nSPS) is 10.7. The monoisotopic (exact) mass is 416 g/mol. The number of aryl methyl sites for hydroxylation is 2. The van der Waals surface area contributed by atoms with Crippen LogP contribution in [0.3, 0.4) is 0 Å². The molecule has 7 nitrogen and oxygen atoms in total.